The van der Waals surface area contributed by atoms with Gasteiger partial charge in [-0.2, -0.15) is 5.26 Å². The molecule has 1 aliphatic carbocycles. The molecule has 0 atom stereocenters. The number of nitrogens with one attached hydrogen (secondary N) is 1. The topological polar surface area (TPSA) is 51.4 Å². The fraction of sp³-hybridized carbons (Fsp3) is 0.800. The fourth-order valence-electron chi connectivity index (χ4n) is 1.74. The molecule has 0 radical (unpaired) electrons. The molecule has 0 aliphatic heterocycles. The second kappa shape index (κ2) is 5.48. The van der Waals surface area contributed by atoms with E-state index in [0.717, 1.165) is 0 Å². The Balaban J connectivity index is 2.47. The minimum absolute atomic E-state index is 0.498. The van der Waals surface area contributed by atoms with Gasteiger partial charge in [0.05, 0.1) is 0 Å². The molecule has 0 amide bonds. The summed E-state index contributed by atoms with van der Waals surface area (Å²) in [5.74, 6) is 0.680. The van der Waals surface area contributed by atoms with E-state index < -0.39 is 0 Å². The number of hydrogen-bond acceptors (Lipinski definition) is 2. The number of hydrogen-bond donors (Lipinski definition) is 1. The van der Waals surface area contributed by atoms with Gasteiger partial charge in [0.2, 0.25) is 12.2 Å². The number of guanidine groups is 1. The zero-order valence-corrected chi connectivity index (χ0v) is 8.95. The lowest BCUT2D eigenvalue weighted by atomic mass is 9.96. The van der Waals surface area contributed by atoms with Crippen molar-refractivity contribution >= 4 is 5.96 Å². The summed E-state index contributed by atoms with van der Waals surface area (Å²) in [5.41, 5.74) is 0. The Labute approximate surface area is 85.6 Å². The molecule has 1 aliphatic rings. The molecule has 1 saturated carbocycles. The second-order valence-electron chi connectivity index (χ2n) is 3.91. The van der Waals surface area contributed by atoms with E-state index in [9.17, 15) is 0 Å². The van der Waals surface area contributed by atoms with Gasteiger partial charge in [-0.1, -0.05) is 19.3 Å². The smallest absolute Gasteiger partial charge is 0.209 e. The molecule has 0 bridgehead atoms. The SMILES string of the molecule is CN(C)/C(=N\C#N)NC1CCCCC1. The molecular weight excluding hydrogens is 176 g/mol. The van der Waals surface area contributed by atoms with Gasteiger partial charge in [-0.3, -0.25) is 0 Å². The monoisotopic (exact) mass is 194 g/mol. The summed E-state index contributed by atoms with van der Waals surface area (Å²) >= 11 is 0. The lowest BCUT2D eigenvalue weighted by molar-refractivity contribution is 0.400. The van der Waals surface area contributed by atoms with Crippen LogP contribution in [0, 0.1) is 11.5 Å². The maximum absolute atomic E-state index is 8.51. The van der Waals surface area contributed by atoms with Crippen LogP contribution in [0.5, 0.6) is 0 Å². The Bertz CT molecular complexity index is 233. The fourth-order valence-corrected chi connectivity index (χ4v) is 1.74. The van der Waals surface area contributed by atoms with Gasteiger partial charge in [-0.25, -0.2) is 0 Å². The zero-order valence-electron chi connectivity index (χ0n) is 8.95. The van der Waals surface area contributed by atoms with E-state index in [1.165, 1.54) is 32.1 Å². The molecule has 78 valence electrons. The molecule has 4 nitrogen and oxygen atoms in total. The Hall–Kier alpha value is -1.24. The second-order valence-corrected chi connectivity index (χ2v) is 3.91. The number of aliphatic imine (C=N–C) groups is 1. The van der Waals surface area contributed by atoms with Crippen LogP contribution in [0.25, 0.3) is 0 Å². The summed E-state index contributed by atoms with van der Waals surface area (Å²) in [6.45, 7) is 0. The van der Waals surface area contributed by atoms with Crippen LogP contribution in [0.4, 0.5) is 0 Å². The van der Waals surface area contributed by atoms with Gasteiger partial charge < -0.3 is 10.2 Å². The van der Waals surface area contributed by atoms with Crippen LogP contribution in [0.3, 0.4) is 0 Å². The molecule has 0 aromatic rings. The molecule has 0 aromatic carbocycles. The van der Waals surface area contributed by atoms with E-state index in [1.54, 1.807) is 0 Å². The quantitative estimate of drug-likeness (QED) is 0.389. The molecule has 1 rings (SSSR count). The lowest BCUT2D eigenvalue weighted by Crippen LogP contribution is -2.43. The molecule has 14 heavy (non-hydrogen) atoms. The van der Waals surface area contributed by atoms with Crippen molar-refractivity contribution in [2.45, 2.75) is 38.1 Å². The molecule has 1 N–H and O–H groups in total. The minimum Gasteiger partial charge on any atom is -0.353 e. The van der Waals surface area contributed by atoms with Crippen molar-refractivity contribution in [3.05, 3.63) is 0 Å². The summed E-state index contributed by atoms with van der Waals surface area (Å²) in [5, 5.41) is 11.8. The van der Waals surface area contributed by atoms with Crippen molar-refractivity contribution in [1.82, 2.24) is 10.2 Å². The molecule has 0 saturated heterocycles. The van der Waals surface area contributed by atoms with Gasteiger partial charge >= 0.3 is 0 Å². The predicted octanol–water partition coefficient (Wildman–Crippen LogP) is 1.31. The van der Waals surface area contributed by atoms with Gasteiger partial charge in [0.1, 0.15) is 0 Å². The molecule has 4 heteroatoms. The van der Waals surface area contributed by atoms with Crippen LogP contribution < -0.4 is 5.32 Å². The summed E-state index contributed by atoms with van der Waals surface area (Å²) < 4.78 is 0. The third-order valence-electron chi connectivity index (χ3n) is 2.52. The number of rotatable bonds is 1. The average Bonchev–Trinajstić information content (AvgIpc) is 2.18. The van der Waals surface area contributed by atoms with E-state index in [2.05, 4.69) is 10.3 Å². The highest BCUT2D eigenvalue weighted by molar-refractivity contribution is 5.80. The first-order chi connectivity index (χ1) is 6.74. The molecule has 0 unspecified atom stereocenters. The first-order valence-electron chi connectivity index (χ1n) is 5.14. The molecule has 0 aromatic heterocycles. The van der Waals surface area contributed by atoms with E-state index in [0.29, 0.717) is 12.0 Å². The van der Waals surface area contributed by atoms with Crippen LogP contribution >= 0.6 is 0 Å². The summed E-state index contributed by atoms with van der Waals surface area (Å²) in [6.07, 6.45) is 8.11. The van der Waals surface area contributed by atoms with Crippen molar-refractivity contribution in [2.75, 3.05) is 14.1 Å². The van der Waals surface area contributed by atoms with E-state index in [1.807, 2.05) is 25.2 Å². The maximum Gasteiger partial charge on any atom is 0.209 e. The highest BCUT2D eigenvalue weighted by Crippen LogP contribution is 2.17. The first-order valence-corrected chi connectivity index (χ1v) is 5.14. The van der Waals surface area contributed by atoms with Crippen molar-refractivity contribution < 1.29 is 0 Å². The largest absolute Gasteiger partial charge is 0.353 e. The van der Waals surface area contributed by atoms with Crippen LogP contribution in [-0.4, -0.2) is 31.0 Å². The van der Waals surface area contributed by atoms with Crippen LogP contribution in [-0.2, 0) is 0 Å². The Kier molecular flexibility index (Phi) is 4.24. The van der Waals surface area contributed by atoms with Crippen molar-refractivity contribution in [1.29, 1.82) is 5.26 Å². The third-order valence-corrected chi connectivity index (χ3v) is 2.52. The Morgan fingerprint density at radius 1 is 1.36 bits per heavy atom. The Morgan fingerprint density at radius 2 is 2.00 bits per heavy atom. The summed E-state index contributed by atoms with van der Waals surface area (Å²) in [4.78, 5) is 5.60. The van der Waals surface area contributed by atoms with Gasteiger partial charge in [0.25, 0.3) is 0 Å². The van der Waals surface area contributed by atoms with E-state index >= 15 is 0 Å². The number of nitrogens with zero attached hydrogens (tertiary/aromatic N) is 3. The molecule has 0 heterocycles. The lowest BCUT2D eigenvalue weighted by Gasteiger charge is -2.26. The van der Waals surface area contributed by atoms with E-state index in [-0.39, 0.29) is 0 Å². The van der Waals surface area contributed by atoms with E-state index in [4.69, 9.17) is 5.26 Å². The average molecular weight is 194 g/mol. The minimum atomic E-state index is 0.498. The molecular formula is C10H18N4. The molecule has 0 spiro atoms. The van der Waals surface area contributed by atoms with Gasteiger partial charge in [0.15, 0.2) is 0 Å². The molecule has 1 fully saturated rings. The maximum atomic E-state index is 8.51. The number of nitriles is 1. The van der Waals surface area contributed by atoms with Gasteiger partial charge in [0, 0.05) is 20.1 Å². The predicted molar refractivity (Wildman–Crippen MR) is 56.7 cm³/mol. The van der Waals surface area contributed by atoms with Crippen LogP contribution in [0.15, 0.2) is 4.99 Å². The van der Waals surface area contributed by atoms with Crippen molar-refractivity contribution in [2.24, 2.45) is 4.99 Å². The summed E-state index contributed by atoms with van der Waals surface area (Å²) in [6, 6.07) is 0.498. The standard InChI is InChI=1S/C10H18N4/c1-14(2)10(12-8-11)13-9-6-4-3-5-7-9/h9H,3-7H2,1-2H3,(H,12,13). The summed E-state index contributed by atoms with van der Waals surface area (Å²) in [7, 11) is 3.79. The zero-order chi connectivity index (χ0) is 10.4. The van der Waals surface area contributed by atoms with Crippen LogP contribution in [0.2, 0.25) is 0 Å². The third kappa shape index (κ3) is 3.25. The Morgan fingerprint density at radius 3 is 2.50 bits per heavy atom. The van der Waals surface area contributed by atoms with Gasteiger partial charge in [-0.05, 0) is 12.8 Å². The van der Waals surface area contributed by atoms with Crippen LogP contribution in [0.1, 0.15) is 32.1 Å². The first kappa shape index (κ1) is 10.8. The van der Waals surface area contributed by atoms with Crippen molar-refractivity contribution in [3.63, 3.8) is 0 Å². The highest BCUT2D eigenvalue weighted by atomic mass is 15.3. The normalized spacial score (nSPS) is 18.8. The van der Waals surface area contributed by atoms with Gasteiger partial charge in [-0.15, -0.1) is 4.99 Å². The highest BCUT2D eigenvalue weighted by Gasteiger charge is 2.15. The van der Waals surface area contributed by atoms with Crippen molar-refractivity contribution in [3.8, 4) is 6.19 Å².